The molecule has 0 unspecified atom stereocenters. The van der Waals surface area contributed by atoms with Gasteiger partial charge < -0.3 is 10.2 Å². The highest BCUT2D eigenvalue weighted by molar-refractivity contribution is 5.80. The largest absolute Gasteiger partial charge is 0.508 e. The second-order valence-corrected chi connectivity index (χ2v) is 3.99. The molecule has 0 saturated carbocycles. The van der Waals surface area contributed by atoms with Crippen LogP contribution in [0.15, 0.2) is 18.2 Å². The zero-order valence-corrected chi connectivity index (χ0v) is 8.53. The summed E-state index contributed by atoms with van der Waals surface area (Å²) in [5.41, 5.74) is 0.501. The molecule has 1 aromatic carbocycles. The van der Waals surface area contributed by atoms with Crippen molar-refractivity contribution in [1.29, 1.82) is 0 Å². The first kappa shape index (κ1) is 10.6. The third-order valence-electron chi connectivity index (χ3n) is 2.32. The van der Waals surface area contributed by atoms with Crippen molar-refractivity contribution in [3.8, 4) is 5.75 Å². The second kappa shape index (κ2) is 3.33. The Morgan fingerprint density at radius 2 is 1.86 bits per heavy atom. The molecule has 0 fully saturated rings. The van der Waals surface area contributed by atoms with E-state index in [-0.39, 0.29) is 5.75 Å². The minimum Gasteiger partial charge on any atom is -0.508 e. The lowest BCUT2D eigenvalue weighted by molar-refractivity contribution is -0.142. The lowest BCUT2D eigenvalue weighted by Gasteiger charge is -2.20. The Morgan fingerprint density at radius 3 is 2.29 bits per heavy atom. The second-order valence-electron chi connectivity index (χ2n) is 3.99. The number of hydrogen-bond acceptors (Lipinski definition) is 2. The molecule has 3 nitrogen and oxygen atoms in total. The van der Waals surface area contributed by atoms with Crippen molar-refractivity contribution in [2.45, 2.75) is 26.2 Å². The van der Waals surface area contributed by atoms with Crippen LogP contribution in [0.2, 0.25) is 0 Å². The fourth-order valence-electron chi connectivity index (χ4n) is 1.25. The Kier molecular flexibility index (Phi) is 2.51. The van der Waals surface area contributed by atoms with E-state index in [0.717, 1.165) is 5.56 Å². The molecule has 0 spiro atoms. The van der Waals surface area contributed by atoms with E-state index in [4.69, 9.17) is 5.11 Å². The first-order chi connectivity index (χ1) is 6.34. The van der Waals surface area contributed by atoms with E-state index in [0.29, 0.717) is 5.56 Å². The Balaban J connectivity index is 3.25. The minimum atomic E-state index is -0.969. The van der Waals surface area contributed by atoms with Gasteiger partial charge in [-0.05, 0) is 44.0 Å². The molecule has 14 heavy (non-hydrogen) atoms. The van der Waals surface area contributed by atoms with Crippen molar-refractivity contribution in [3.63, 3.8) is 0 Å². The summed E-state index contributed by atoms with van der Waals surface area (Å²) in [6, 6.07) is 4.86. The first-order valence-electron chi connectivity index (χ1n) is 4.38. The van der Waals surface area contributed by atoms with Gasteiger partial charge in [0, 0.05) is 0 Å². The van der Waals surface area contributed by atoms with Gasteiger partial charge in [0.1, 0.15) is 5.75 Å². The molecule has 0 amide bonds. The normalized spacial score (nSPS) is 11.4. The Hall–Kier alpha value is -1.51. The highest BCUT2D eigenvalue weighted by Gasteiger charge is 2.29. The zero-order valence-electron chi connectivity index (χ0n) is 8.53. The number of benzene rings is 1. The number of aliphatic carboxylic acids is 1. The van der Waals surface area contributed by atoms with Crippen molar-refractivity contribution in [2.75, 3.05) is 0 Å². The Bertz CT molecular complexity index is 347. The van der Waals surface area contributed by atoms with Crippen LogP contribution in [0.5, 0.6) is 5.75 Å². The average Bonchev–Trinajstić information content (AvgIpc) is 2.01. The lowest BCUT2D eigenvalue weighted by Crippen LogP contribution is -2.28. The average molecular weight is 194 g/mol. The van der Waals surface area contributed by atoms with E-state index < -0.39 is 11.4 Å². The smallest absolute Gasteiger partial charge is 0.313 e. The Labute approximate surface area is 83.0 Å². The SMILES string of the molecule is Cc1cc(O)cc(C(C)(C)C(=O)O)c1. The lowest BCUT2D eigenvalue weighted by atomic mass is 9.84. The molecule has 1 rings (SSSR count). The summed E-state index contributed by atoms with van der Waals surface area (Å²) in [6.45, 7) is 5.05. The zero-order chi connectivity index (χ0) is 10.9. The molecule has 0 aliphatic rings. The Morgan fingerprint density at radius 1 is 1.29 bits per heavy atom. The van der Waals surface area contributed by atoms with E-state index in [1.54, 1.807) is 26.0 Å². The molecule has 0 aliphatic heterocycles. The molecule has 0 radical (unpaired) electrons. The van der Waals surface area contributed by atoms with Crippen molar-refractivity contribution in [1.82, 2.24) is 0 Å². The number of aromatic hydroxyl groups is 1. The molecular formula is C11H14O3. The maximum Gasteiger partial charge on any atom is 0.313 e. The standard InChI is InChI=1S/C11H14O3/c1-7-4-8(6-9(12)5-7)11(2,3)10(13)14/h4-6,12H,1-3H3,(H,13,14). The van der Waals surface area contributed by atoms with Gasteiger partial charge in [-0.2, -0.15) is 0 Å². The van der Waals surface area contributed by atoms with Crippen molar-refractivity contribution < 1.29 is 15.0 Å². The number of carbonyl (C=O) groups is 1. The molecular weight excluding hydrogens is 180 g/mol. The molecule has 0 bridgehead atoms. The summed E-state index contributed by atoms with van der Waals surface area (Å²) in [7, 11) is 0. The van der Waals surface area contributed by atoms with Crippen LogP contribution >= 0.6 is 0 Å². The molecule has 1 aromatic rings. The first-order valence-corrected chi connectivity index (χ1v) is 4.38. The molecule has 3 heteroatoms. The molecule has 2 N–H and O–H groups in total. The highest BCUT2D eigenvalue weighted by atomic mass is 16.4. The van der Waals surface area contributed by atoms with E-state index in [2.05, 4.69) is 0 Å². The van der Waals surface area contributed by atoms with Crippen LogP contribution in [-0.4, -0.2) is 16.2 Å². The predicted octanol–water partition coefficient (Wildman–Crippen LogP) is 2.06. The number of aryl methyl sites for hydroxylation is 1. The number of rotatable bonds is 2. The van der Waals surface area contributed by atoms with Crippen LogP contribution in [0, 0.1) is 6.92 Å². The number of hydrogen-bond donors (Lipinski definition) is 2. The molecule has 76 valence electrons. The van der Waals surface area contributed by atoms with Crippen LogP contribution in [0.1, 0.15) is 25.0 Å². The fraction of sp³-hybridized carbons (Fsp3) is 0.364. The van der Waals surface area contributed by atoms with Gasteiger partial charge in [0.25, 0.3) is 0 Å². The summed E-state index contributed by atoms with van der Waals surface area (Å²) in [5.74, 6) is -0.795. The third kappa shape index (κ3) is 1.87. The van der Waals surface area contributed by atoms with Gasteiger partial charge in [0.05, 0.1) is 5.41 Å². The van der Waals surface area contributed by atoms with Crippen molar-refractivity contribution in [2.24, 2.45) is 0 Å². The van der Waals surface area contributed by atoms with Gasteiger partial charge in [-0.1, -0.05) is 6.07 Å². The predicted molar refractivity (Wildman–Crippen MR) is 53.5 cm³/mol. The summed E-state index contributed by atoms with van der Waals surface area (Å²) in [6.07, 6.45) is 0. The van der Waals surface area contributed by atoms with Crippen LogP contribution in [0.25, 0.3) is 0 Å². The van der Waals surface area contributed by atoms with E-state index in [1.165, 1.54) is 6.07 Å². The molecule has 0 saturated heterocycles. The van der Waals surface area contributed by atoms with Gasteiger partial charge >= 0.3 is 5.97 Å². The monoisotopic (exact) mass is 194 g/mol. The van der Waals surface area contributed by atoms with E-state index >= 15 is 0 Å². The maximum atomic E-state index is 11.0. The number of carboxylic acid groups (broad SMARTS) is 1. The number of phenolic OH excluding ortho intramolecular Hbond substituents is 1. The molecule has 0 heterocycles. The van der Waals surface area contributed by atoms with Gasteiger partial charge in [-0.25, -0.2) is 0 Å². The van der Waals surface area contributed by atoms with Crippen LogP contribution in [0.3, 0.4) is 0 Å². The summed E-state index contributed by atoms with van der Waals surface area (Å²) in [4.78, 5) is 11.0. The van der Waals surface area contributed by atoms with E-state index in [9.17, 15) is 9.90 Å². The van der Waals surface area contributed by atoms with Gasteiger partial charge in [0.15, 0.2) is 0 Å². The van der Waals surface area contributed by atoms with Gasteiger partial charge in [0.2, 0.25) is 0 Å². The molecule has 0 atom stereocenters. The summed E-state index contributed by atoms with van der Waals surface area (Å²) in [5, 5.41) is 18.3. The quantitative estimate of drug-likeness (QED) is 0.757. The summed E-state index contributed by atoms with van der Waals surface area (Å²) < 4.78 is 0. The highest BCUT2D eigenvalue weighted by Crippen LogP contribution is 2.27. The van der Waals surface area contributed by atoms with Crippen LogP contribution < -0.4 is 0 Å². The van der Waals surface area contributed by atoms with Gasteiger partial charge in [-0.15, -0.1) is 0 Å². The molecule has 0 aliphatic carbocycles. The maximum absolute atomic E-state index is 11.0. The van der Waals surface area contributed by atoms with Crippen molar-refractivity contribution in [3.05, 3.63) is 29.3 Å². The minimum absolute atomic E-state index is 0.106. The molecule has 0 aromatic heterocycles. The number of phenols is 1. The van der Waals surface area contributed by atoms with E-state index in [1.807, 2.05) is 6.92 Å². The van der Waals surface area contributed by atoms with Gasteiger partial charge in [-0.3, -0.25) is 4.79 Å². The van der Waals surface area contributed by atoms with Crippen LogP contribution in [-0.2, 0) is 10.2 Å². The van der Waals surface area contributed by atoms with Crippen LogP contribution in [0.4, 0.5) is 0 Å². The summed E-state index contributed by atoms with van der Waals surface area (Å²) >= 11 is 0. The third-order valence-corrected chi connectivity index (χ3v) is 2.32. The topological polar surface area (TPSA) is 57.5 Å². The fourth-order valence-corrected chi connectivity index (χ4v) is 1.25. The van der Waals surface area contributed by atoms with Crippen molar-refractivity contribution >= 4 is 5.97 Å². The number of carboxylic acids is 1.